The van der Waals surface area contributed by atoms with Crippen LogP contribution in [-0.2, 0) is 15.9 Å². The van der Waals surface area contributed by atoms with E-state index in [0.29, 0.717) is 16.8 Å². The minimum Gasteiger partial charge on any atom is -0.464 e. The molecule has 1 amide bonds. The number of alkyl carbamates (subject to hydrolysis) is 1. The molecular formula is C18H22BrN3O4. The quantitative estimate of drug-likeness (QED) is 0.713. The normalized spacial score (nSPS) is 12.3. The van der Waals surface area contributed by atoms with Crippen molar-refractivity contribution in [2.45, 2.75) is 38.8 Å². The van der Waals surface area contributed by atoms with Gasteiger partial charge in [0.2, 0.25) is 0 Å². The molecule has 140 valence electrons. The van der Waals surface area contributed by atoms with E-state index in [1.54, 1.807) is 20.8 Å². The molecule has 1 aromatic heterocycles. The fraction of sp³-hybridized carbons (Fsp3) is 0.389. The molecule has 1 heterocycles. The van der Waals surface area contributed by atoms with E-state index in [2.05, 4.69) is 31.2 Å². The van der Waals surface area contributed by atoms with Gasteiger partial charge in [-0.15, -0.1) is 0 Å². The summed E-state index contributed by atoms with van der Waals surface area (Å²) in [6.45, 7) is 5.37. The predicted octanol–water partition coefficient (Wildman–Crippen LogP) is 3.77. The summed E-state index contributed by atoms with van der Waals surface area (Å²) in [6, 6.07) is 9.13. The van der Waals surface area contributed by atoms with Gasteiger partial charge in [-0.1, -0.05) is 30.3 Å². The van der Waals surface area contributed by atoms with E-state index < -0.39 is 23.7 Å². The van der Waals surface area contributed by atoms with Crippen molar-refractivity contribution in [2.75, 3.05) is 7.11 Å². The average Bonchev–Trinajstić information content (AvgIpc) is 2.94. The summed E-state index contributed by atoms with van der Waals surface area (Å²) >= 11 is 3.24. The van der Waals surface area contributed by atoms with Gasteiger partial charge in [0, 0.05) is 6.42 Å². The van der Waals surface area contributed by atoms with Gasteiger partial charge in [-0.05, 0) is 42.3 Å². The van der Waals surface area contributed by atoms with Gasteiger partial charge in [0.15, 0.2) is 5.69 Å². The number of ether oxygens (including phenoxy) is 2. The molecule has 0 aliphatic rings. The Balaban J connectivity index is 2.28. The lowest BCUT2D eigenvalue weighted by Crippen LogP contribution is -2.36. The number of benzene rings is 1. The molecule has 1 atom stereocenters. The molecule has 0 aliphatic heterocycles. The molecule has 8 heteroatoms. The van der Waals surface area contributed by atoms with Gasteiger partial charge >= 0.3 is 12.1 Å². The first-order chi connectivity index (χ1) is 12.2. The Bertz CT molecular complexity index is 768. The van der Waals surface area contributed by atoms with Crippen LogP contribution in [0, 0.1) is 0 Å². The van der Waals surface area contributed by atoms with E-state index in [9.17, 15) is 9.59 Å². The number of rotatable bonds is 5. The molecule has 0 saturated heterocycles. The van der Waals surface area contributed by atoms with Gasteiger partial charge in [0.05, 0.1) is 13.2 Å². The smallest absolute Gasteiger partial charge is 0.408 e. The fourth-order valence-corrected chi connectivity index (χ4v) is 2.74. The number of imidazole rings is 1. The number of methoxy groups -OCH3 is 1. The third-order valence-electron chi connectivity index (χ3n) is 3.37. The second-order valence-electron chi connectivity index (χ2n) is 6.67. The summed E-state index contributed by atoms with van der Waals surface area (Å²) < 4.78 is 10.4. The molecule has 0 spiro atoms. The average molecular weight is 424 g/mol. The van der Waals surface area contributed by atoms with E-state index >= 15 is 0 Å². The second-order valence-corrected chi connectivity index (χ2v) is 7.42. The molecule has 2 aromatic rings. The number of esters is 1. The standard InChI is InChI=1S/C18H22BrN3O4/c1-18(2,3)26-17(24)20-12(10-11-8-6-5-7-9-11)15-21-13(14(19)22-15)16(23)25-4/h5-9,12H,10H2,1-4H3,(H,20,24)(H,21,22)/t12-/m0/s1. The summed E-state index contributed by atoms with van der Waals surface area (Å²) in [5, 5.41) is 2.81. The van der Waals surface area contributed by atoms with Crippen LogP contribution >= 0.6 is 15.9 Å². The highest BCUT2D eigenvalue weighted by Crippen LogP contribution is 2.22. The zero-order valence-corrected chi connectivity index (χ0v) is 16.7. The van der Waals surface area contributed by atoms with Crippen LogP contribution in [0.1, 0.15) is 48.7 Å². The maximum atomic E-state index is 12.2. The van der Waals surface area contributed by atoms with Crippen LogP contribution in [0.4, 0.5) is 4.79 Å². The van der Waals surface area contributed by atoms with Gasteiger partial charge in [-0.2, -0.15) is 0 Å². The van der Waals surface area contributed by atoms with Crippen molar-refractivity contribution in [1.29, 1.82) is 0 Å². The van der Waals surface area contributed by atoms with E-state index in [0.717, 1.165) is 5.56 Å². The number of hydrogen-bond acceptors (Lipinski definition) is 5. The molecule has 26 heavy (non-hydrogen) atoms. The lowest BCUT2D eigenvalue weighted by atomic mass is 10.1. The van der Waals surface area contributed by atoms with Crippen molar-refractivity contribution < 1.29 is 19.1 Å². The second kappa shape index (κ2) is 8.35. The maximum absolute atomic E-state index is 12.2. The first-order valence-corrected chi connectivity index (χ1v) is 8.86. The van der Waals surface area contributed by atoms with Gasteiger partial charge in [-0.25, -0.2) is 14.6 Å². The molecule has 7 nitrogen and oxygen atoms in total. The van der Waals surface area contributed by atoms with Crippen molar-refractivity contribution >= 4 is 28.0 Å². The van der Waals surface area contributed by atoms with E-state index in [-0.39, 0.29) is 5.69 Å². The van der Waals surface area contributed by atoms with Gasteiger partial charge in [0.1, 0.15) is 16.0 Å². The first-order valence-electron chi connectivity index (χ1n) is 8.06. The minimum atomic E-state index is -0.623. The number of hydrogen-bond donors (Lipinski definition) is 2. The lowest BCUT2D eigenvalue weighted by Gasteiger charge is -2.23. The molecule has 0 bridgehead atoms. The molecule has 0 aliphatic carbocycles. The van der Waals surface area contributed by atoms with Crippen LogP contribution < -0.4 is 5.32 Å². The molecule has 2 N–H and O–H groups in total. The number of amides is 1. The molecule has 1 aromatic carbocycles. The van der Waals surface area contributed by atoms with Crippen LogP contribution in [0.5, 0.6) is 0 Å². The zero-order valence-electron chi connectivity index (χ0n) is 15.1. The topological polar surface area (TPSA) is 93.3 Å². The molecular weight excluding hydrogens is 402 g/mol. The Labute approximate surface area is 160 Å². The van der Waals surface area contributed by atoms with Gasteiger partial charge < -0.3 is 19.8 Å². The van der Waals surface area contributed by atoms with Crippen LogP contribution in [0.25, 0.3) is 0 Å². The number of nitrogens with zero attached hydrogens (tertiary/aromatic N) is 1. The number of H-pyrrole nitrogens is 1. The van der Waals surface area contributed by atoms with Crippen LogP contribution in [0.15, 0.2) is 34.9 Å². The van der Waals surface area contributed by atoms with Crippen molar-refractivity contribution in [3.63, 3.8) is 0 Å². The van der Waals surface area contributed by atoms with Crippen molar-refractivity contribution in [3.05, 3.63) is 52.0 Å². The summed E-state index contributed by atoms with van der Waals surface area (Å²) in [7, 11) is 1.29. The van der Waals surface area contributed by atoms with Gasteiger partial charge in [-0.3, -0.25) is 0 Å². The maximum Gasteiger partial charge on any atom is 0.408 e. The number of carbonyl (C=O) groups excluding carboxylic acids is 2. The Morgan fingerprint density at radius 2 is 1.92 bits per heavy atom. The van der Waals surface area contributed by atoms with E-state index in [4.69, 9.17) is 9.47 Å². The molecule has 0 radical (unpaired) electrons. The molecule has 0 saturated carbocycles. The van der Waals surface area contributed by atoms with Crippen LogP contribution in [0.2, 0.25) is 0 Å². The highest BCUT2D eigenvalue weighted by atomic mass is 79.9. The number of carbonyl (C=O) groups is 2. The van der Waals surface area contributed by atoms with Crippen LogP contribution in [0.3, 0.4) is 0 Å². The van der Waals surface area contributed by atoms with Gasteiger partial charge in [0.25, 0.3) is 0 Å². The fourth-order valence-electron chi connectivity index (χ4n) is 2.29. The lowest BCUT2D eigenvalue weighted by molar-refractivity contribution is 0.0501. The zero-order chi connectivity index (χ0) is 19.3. The highest BCUT2D eigenvalue weighted by Gasteiger charge is 2.25. The van der Waals surface area contributed by atoms with Crippen LogP contribution in [-0.4, -0.2) is 34.7 Å². The Hall–Kier alpha value is -2.35. The monoisotopic (exact) mass is 423 g/mol. The summed E-state index contributed by atoms with van der Waals surface area (Å²) in [5.41, 5.74) is 0.565. The van der Waals surface area contributed by atoms with Crippen molar-refractivity contribution in [1.82, 2.24) is 15.3 Å². The largest absolute Gasteiger partial charge is 0.464 e. The number of nitrogens with one attached hydrogen (secondary N) is 2. The Morgan fingerprint density at radius 1 is 1.27 bits per heavy atom. The predicted molar refractivity (Wildman–Crippen MR) is 99.9 cm³/mol. The summed E-state index contributed by atoms with van der Waals surface area (Å²) in [6.07, 6.45) is -0.0914. The first kappa shape index (κ1) is 20.0. The summed E-state index contributed by atoms with van der Waals surface area (Å²) in [5.74, 6) is -0.127. The number of aromatic amines is 1. The van der Waals surface area contributed by atoms with Crippen molar-refractivity contribution in [3.8, 4) is 0 Å². The molecule has 0 fully saturated rings. The third-order valence-corrected chi connectivity index (χ3v) is 3.94. The Morgan fingerprint density at radius 3 is 2.50 bits per heavy atom. The molecule has 2 rings (SSSR count). The number of halogens is 1. The van der Waals surface area contributed by atoms with E-state index in [1.807, 2.05) is 30.3 Å². The number of aromatic nitrogens is 2. The highest BCUT2D eigenvalue weighted by molar-refractivity contribution is 9.10. The minimum absolute atomic E-state index is 0.187. The Kier molecular flexibility index (Phi) is 6.42. The SMILES string of the molecule is COC(=O)c1[nH]c([C@H](Cc2ccccc2)NC(=O)OC(C)(C)C)nc1Br. The van der Waals surface area contributed by atoms with E-state index in [1.165, 1.54) is 7.11 Å². The summed E-state index contributed by atoms with van der Waals surface area (Å²) in [4.78, 5) is 31.3. The van der Waals surface area contributed by atoms with Crippen molar-refractivity contribution in [2.24, 2.45) is 0 Å². The molecule has 0 unspecified atom stereocenters. The third kappa shape index (κ3) is 5.59.